The molecule has 0 aliphatic carbocycles. The summed E-state index contributed by atoms with van der Waals surface area (Å²) >= 11 is 0. The normalized spacial score (nSPS) is 10.2. The average Bonchev–Trinajstić information content (AvgIpc) is 2.18. The van der Waals surface area contributed by atoms with Crippen LogP contribution in [0.4, 0.5) is 17.3 Å². The van der Waals surface area contributed by atoms with Crippen LogP contribution in [-0.4, -0.2) is 49.2 Å². The molecule has 7 heteroatoms. The molecule has 0 aliphatic rings. The second-order valence-electron chi connectivity index (χ2n) is 3.05. The molecule has 0 unspecified atom stereocenters. The lowest BCUT2D eigenvalue weighted by Crippen LogP contribution is -2.28. The summed E-state index contributed by atoms with van der Waals surface area (Å²) in [5.41, 5.74) is 0. The maximum absolute atomic E-state index is 9.75. The Kier molecular flexibility index (Phi) is 10.5. The van der Waals surface area contributed by atoms with Crippen molar-refractivity contribution in [2.75, 3.05) is 26.2 Å². The van der Waals surface area contributed by atoms with Crippen molar-refractivity contribution in [3.8, 4) is 0 Å². The van der Waals surface area contributed by atoms with Gasteiger partial charge in [-0.1, -0.05) is 0 Å². The van der Waals surface area contributed by atoms with Gasteiger partial charge in [-0.05, 0) is 27.7 Å². The van der Waals surface area contributed by atoms with E-state index in [4.69, 9.17) is 0 Å². The second kappa shape index (κ2) is 9.48. The van der Waals surface area contributed by atoms with Crippen LogP contribution < -0.4 is 0 Å². The van der Waals surface area contributed by atoms with Gasteiger partial charge in [0.25, 0.3) is 0 Å². The molecule has 0 rings (SSSR count). The van der Waals surface area contributed by atoms with Gasteiger partial charge in [0.1, 0.15) is 0 Å². The van der Waals surface area contributed by atoms with Crippen LogP contribution in [0.25, 0.3) is 0 Å². The number of nitrogens with zero attached hydrogens (tertiary/aromatic N) is 2. The molecule has 0 aromatic carbocycles. The molecule has 0 spiro atoms. The molecule has 0 aromatic heterocycles. The summed E-state index contributed by atoms with van der Waals surface area (Å²) in [4.78, 5) is 2.31. The Hall–Kier alpha value is -0.745. The van der Waals surface area contributed by atoms with Crippen molar-refractivity contribution in [1.82, 2.24) is 4.90 Å². The van der Waals surface area contributed by atoms with Gasteiger partial charge in [0.05, 0.1) is 26.2 Å². The van der Waals surface area contributed by atoms with E-state index < -0.39 is 7.25 Å². The number of rotatable bonds is 5. The van der Waals surface area contributed by atoms with E-state index in [-0.39, 0.29) is 0 Å². The molecular weight excluding hydrogens is 223 g/mol. The van der Waals surface area contributed by atoms with Crippen molar-refractivity contribution in [2.24, 2.45) is 0 Å². The molecule has 0 atom stereocenters. The number of hydrogen-bond donors (Lipinski definition) is 0. The molecule has 0 aliphatic heterocycles. The molecule has 0 radical (unpaired) electrons. The van der Waals surface area contributed by atoms with Crippen molar-refractivity contribution >= 4 is 13.6 Å². The Morgan fingerprint density at radius 1 is 0.938 bits per heavy atom. The molecule has 16 heavy (non-hydrogen) atoms. The van der Waals surface area contributed by atoms with Gasteiger partial charge in [-0.25, -0.2) is 0 Å². The summed E-state index contributed by atoms with van der Waals surface area (Å²) in [6.07, 6.45) is 2.22. The first-order valence-corrected chi connectivity index (χ1v) is 5.48. The van der Waals surface area contributed by atoms with Gasteiger partial charge in [-0.2, -0.15) is 0 Å². The highest BCUT2D eigenvalue weighted by Gasteiger charge is 2.20. The number of hydrogen-bond acceptors (Lipinski definition) is 0. The smallest absolute Gasteiger partial charge is 0.418 e. The van der Waals surface area contributed by atoms with Crippen LogP contribution in [-0.2, 0) is 0 Å². The largest absolute Gasteiger partial charge is 0.673 e. The minimum atomic E-state index is -6.00. The molecule has 0 saturated heterocycles. The van der Waals surface area contributed by atoms with Gasteiger partial charge in [0.15, 0.2) is 0 Å². The minimum absolute atomic E-state index is 1.10. The fourth-order valence-corrected chi connectivity index (χ4v) is 1.00. The van der Waals surface area contributed by atoms with Crippen LogP contribution in [0.3, 0.4) is 0 Å². The minimum Gasteiger partial charge on any atom is -0.418 e. The topological polar surface area (TPSA) is 6.25 Å². The summed E-state index contributed by atoms with van der Waals surface area (Å²) in [6.45, 7) is 13.2. The SMILES string of the molecule is CCN(C=[N+](CC)CC)CC.F[B-](F)(F)F. The van der Waals surface area contributed by atoms with Crippen molar-refractivity contribution < 1.29 is 21.8 Å². The summed E-state index contributed by atoms with van der Waals surface area (Å²) < 4.78 is 41.3. The van der Waals surface area contributed by atoms with Gasteiger partial charge >= 0.3 is 7.25 Å². The first kappa shape index (κ1) is 17.6. The lowest BCUT2D eigenvalue weighted by atomic mass is 10.3. The highest BCUT2D eigenvalue weighted by atomic mass is 19.5. The number of halogens is 4. The summed E-state index contributed by atoms with van der Waals surface area (Å²) in [6, 6.07) is 0. The quantitative estimate of drug-likeness (QED) is 0.237. The Morgan fingerprint density at radius 3 is 1.44 bits per heavy atom. The third kappa shape index (κ3) is 15.7. The molecule has 0 saturated carbocycles. The van der Waals surface area contributed by atoms with E-state index in [2.05, 4.69) is 43.5 Å². The third-order valence-corrected chi connectivity index (χ3v) is 1.95. The van der Waals surface area contributed by atoms with Crippen LogP contribution in [0.1, 0.15) is 27.7 Å². The Labute approximate surface area is 95.0 Å². The van der Waals surface area contributed by atoms with E-state index in [0.29, 0.717) is 0 Å². The van der Waals surface area contributed by atoms with Gasteiger partial charge < -0.3 is 17.3 Å². The molecule has 0 heterocycles. The molecule has 0 aromatic rings. The van der Waals surface area contributed by atoms with Crippen molar-refractivity contribution in [3.05, 3.63) is 0 Å². The van der Waals surface area contributed by atoms with E-state index >= 15 is 0 Å². The molecule has 0 N–H and O–H groups in total. The van der Waals surface area contributed by atoms with Crippen molar-refractivity contribution in [1.29, 1.82) is 0 Å². The van der Waals surface area contributed by atoms with E-state index in [9.17, 15) is 17.3 Å². The zero-order valence-corrected chi connectivity index (χ0v) is 10.4. The van der Waals surface area contributed by atoms with Gasteiger partial charge in [0, 0.05) is 0 Å². The second-order valence-corrected chi connectivity index (χ2v) is 3.05. The Balaban J connectivity index is 0. The van der Waals surface area contributed by atoms with E-state index in [1.807, 2.05) is 0 Å². The highest BCUT2D eigenvalue weighted by Crippen LogP contribution is 2.06. The Bertz CT molecular complexity index is 178. The third-order valence-electron chi connectivity index (χ3n) is 1.95. The maximum Gasteiger partial charge on any atom is 0.673 e. The van der Waals surface area contributed by atoms with Crippen LogP contribution in [0, 0.1) is 0 Å². The summed E-state index contributed by atoms with van der Waals surface area (Å²) in [7, 11) is -6.00. The fraction of sp³-hybridized carbons (Fsp3) is 0.889. The highest BCUT2D eigenvalue weighted by molar-refractivity contribution is 6.50. The monoisotopic (exact) mass is 244 g/mol. The van der Waals surface area contributed by atoms with E-state index in [1.165, 1.54) is 0 Å². The average molecular weight is 244 g/mol. The fourth-order valence-electron chi connectivity index (χ4n) is 1.00. The van der Waals surface area contributed by atoms with Crippen LogP contribution in [0.15, 0.2) is 0 Å². The van der Waals surface area contributed by atoms with Crippen LogP contribution in [0.2, 0.25) is 0 Å². The summed E-state index contributed by atoms with van der Waals surface area (Å²) in [5.74, 6) is 0. The lowest BCUT2D eigenvalue weighted by molar-refractivity contribution is -0.520. The van der Waals surface area contributed by atoms with Gasteiger partial charge in [-0.3, -0.25) is 9.48 Å². The molecule has 0 bridgehead atoms. The van der Waals surface area contributed by atoms with E-state index in [1.54, 1.807) is 0 Å². The predicted octanol–water partition coefficient (Wildman–Crippen LogP) is 2.71. The summed E-state index contributed by atoms with van der Waals surface area (Å²) in [5, 5.41) is 0. The Morgan fingerprint density at radius 2 is 1.25 bits per heavy atom. The lowest BCUT2D eigenvalue weighted by Gasteiger charge is -2.09. The maximum atomic E-state index is 9.75. The van der Waals surface area contributed by atoms with Crippen molar-refractivity contribution in [2.45, 2.75) is 27.7 Å². The first-order chi connectivity index (χ1) is 7.28. The van der Waals surface area contributed by atoms with Crippen LogP contribution in [0.5, 0.6) is 0 Å². The first-order valence-electron chi connectivity index (χ1n) is 5.48. The molecule has 98 valence electrons. The standard InChI is InChI=1S/C9H21N2.BF4/c1-5-10(6-2)9-11(7-3)8-4;2-1(3,4)5/h9H,5-8H2,1-4H3;/q+1;-1. The molecule has 0 amide bonds. The van der Waals surface area contributed by atoms with E-state index in [0.717, 1.165) is 26.2 Å². The molecular formula is C9H21BF4N2. The van der Waals surface area contributed by atoms with Crippen molar-refractivity contribution in [3.63, 3.8) is 0 Å². The zero-order valence-electron chi connectivity index (χ0n) is 10.4. The van der Waals surface area contributed by atoms with Crippen LogP contribution >= 0.6 is 0 Å². The predicted molar refractivity (Wildman–Crippen MR) is 60.5 cm³/mol. The zero-order chi connectivity index (χ0) is 13.2. The van der Waals surface area contributed by atoms with Gasteiger partial charge in [-0.15, -0.1) is 0 Å². The molecule has 2 nitrogen and oxygen atoms in total. The molecule has 0 fully saturated rings. The van der Waals surface area contributed by atoms with Gasteiger partial charge in [0.2, 0.25) is 6.34 Å².